The number of rotatable bonds is 7. The van der Waals surface area contributed by atoms with E-state index >= 15 is 0 Å². The standard InChI is InChI=1S/C21H25FN6O.HI/c1-4-23-21(27(2)14-20-25-15-26-28(20)3)24-13-16-9-5-7-11-18(16)29-19-12-8-6-10-17(19)22;/h5-12,15H,4,13-14H2,1-3H3,(H,23,24);1H. The molecule has 30 heavy (non-hydrogen) atoms. The maximum Gasteiger partial charge on any atom is 0.194 e. The molecule has 0 fully saturated rings. The maximum absolute atomic E-state index is 14.0. The normalized spacial score (nSPS) is 11.0. The van der Waals surface area contributed by atoms with E-state index in [0.29, 0.717) is 18.8 Å². The highest BCUT2D eigenvalue weighted by Gasteiger charge is 2.12. The van der Waals surface area contributed by atoms with Crippen LogP contribution in [0.25, 0.3) is 0 Å². The second-order valence-electron chi connectivity index (χ2n) is 6.47. The van der Waals surface area contributed by atoms with Crippen LogP contribution in [0.2, 0.25) is 0 Å². The summed E-state index contributed by atoms with van der Waals surface area (Å²) in [5, 5.41) is 7.38. The number of halogens is 2. The number of nitrogens with one attached hydrogen (secondary N) is 1. The Morgan fingerprint density at radius 2 is 1.87 bits per heavy atom. The average molecular weight is 524 g/mol. The Balaban J connectivity index is 0.00000320. The molecule has 0 saturated carbocycles. The van der Waals surface area contributed by atoms with Gasteiger partial charge < -0.3 is 15.0 Å². The molecule has 160 valence electrons. The van der Waals surface area contributed by atoms with Crippen LogP contribution in [0.3, 0.4) is 0 Å². The highest BCUT2D eigenvalue weighted by atomic mass is 127. The molecular formula is C21H26FIN6O. The predicted octanol–water partition coefficient (Wildman–Crippen LogP) is 3.96. The Hall–Kier alpha value is -2.69. The van der Waals surface area contributed by atoms with E-state index in [1.807, 2.05) is 50.2 Å². The number of aromatic nitrogens is 3. The van der Waals surface area contributed by atoms with Crippen LogP contribution in [0, 0.1) is 5.82 Å². The van der Waals surface area contributed by atoms with Crippen molar-refractivity contribution in [3.05, 3.63) is 72.1 Å². The van der Waals surface area contributed by atoms with Crippen molar-refractivity contribution in [3.8, 4) is 11.5 Å². The lowest BCUT2D eigenvalue weighted by molar-refractivity contribution is 0.436. The first-order valence-electron chi connectivity index (χ1n) is 9.41. The summed E-state index contributed by atoms with van der Waals surface area (Å²) in [4.78, 5) is 11.0. The van der Waals surface area contributed by atoms with Crippen molar-refractivity contribution < 1.29 is 9.13 Å². The van der Waals surface area contributed by atoms with E-state index in [-0.39, 0.29) is 29.7 Å². The van der Waals surface area contributed by atoms with Crippen molar-refractivity contribution in [1.82, 2.24) is 25.0 Å². The summed E-state index contributed by atoms with van der Waals surface area (Å²) in [6.45, 7) is 3.70. The number of nitrogens with zero attached hydrogens (tertiary/aromatic N) is 5. The van der Waals surface area contributed by atoms with Crippen LogP contribution in [0.15, 0.2) is 59.9 Å². The zero-order valence-electron chi connectivity index (χ0n) is 17.2. The molecule has 3 aromatic rings. The highest BCUT2D eigenvalue weighted by molar-refractivity contribution is 14.0. The van der Waals surface area contributed by atoms with Crippen molar-refractivity contribution in [2.75, 3.05) is 13.6 Å². The van der Waals surface area contributed by atoms with Gasteiger partial charge in [0.1, 0.15) is 17.9 Å². The Morgan fingerprint density at radius 1 is 1.17 bits per heavy atom. The molecule has 0 aliphatic carbocycles. The molecular weight excluding hydrogens is 498 g/mol. The number of ether oxygens (including phenoxy) is 1. The van der Waals surface area contributed by atoms with Crippen LogP contribution in [0.5, 0.6) is 11.5 Å². The molecule has 0 bridgehead atoms. The quantitative estimate of drug-likeness (QED) is 0.288. The summed E-state index contributed by atoms with van der Waals surface area (Å²) < 4.78 is 21.5. The van der Waals surface area contributed by atoms with Gasteiger partial charge in [-0.15, -0.1) is 24.0 Å². The number of para-hydroxylation sites is 2. The van der Waals surface area contributed by atoms with Gasteiger partial charge in [-0.3, -0.25) is 4.68 Å². The molecule has 0 unspecified atom stereocenters. The smallest absolute Gasteiger partial charge is 0.194 e. The second-order valence-corrected chi connectivity index (χ2v) is 6.47. The topological polar surface area (TPSA) is 67.6 Å². The van der Waals surface area contributed by atoms with Crippen LogP contribution < -0.4 is 10.1 Å². The minimum absolute atomic E-state index is 0. The Morgan fingerprint density at radius 3 is 2.53 bits per heavy atom. The monoisotopic (exact) mass is 524 g/mol. The summed E-state index contributed by atoms with van der Waals surface area (Å²) in [6.07, 6.45) is 1.53. The summed E-state index contributed by atoms with van der Waals surface area (Å²) >= 11 is 0. The number of aryl methyl sites for hydroxylation is 1. The van der Waals surface area contributed by atoms with E-state index in [2.05, 4.69) is 15.4 Å². The molecule has 0 radical (unpaired) electrons. The fourth-order valence-electron chi connectivity index (χ4n) is 2.76. The van der Waals surface area contributed by atoms with E-state index in [1.165, 1.54) is 12.4 Å². The molecule has 0 amide bonds. The van der Waals surface area contributed by atoms with Gasteiger partial charge in [0.05, 0.1) is 13.1 Å². The molecule has 0 aliphatic rings. The van der Waals surface area contributed by atoms with Crippen LogP contribution in [0.4, 0.5) is 4.39 Å². The fourth-order valence-corrected chi connectivity index (χ4v) is 2.76. The van der Waals surface area contributed by atoms with Gasteiger partial charge >= 0.3 is 0 Å². The summed E-state index contributed by atoms with van der Waals surface area (Å²) in [5.41, 5.74) is 0.859. The molecule has 3 rings (SSSR count). The third-order valence-corrected chi connectivity index (χ3v) is 4.31. The van der Waals surface area contributed by atoms with Gasteiger partial charge in [0.15, 0.2) is 17.5 Å². The Labute approximate surface area is 193 Å². The van der Waals surface area contributed by atoms with Gasteiger partial charge in [-0.05, 0) is 25.1 Å². The van der Waals surface area contributed by atoms with Gasteiger partial charge in [-0.2, -0.15) is 5.10 Å². The van der Waals surface area contributed by atoms with E-state index in [0.717, 1.165) is 23.9 Å². The predicted molar refractivity (Wildman–Crippen MR) is 126 cm³/mol. The van der Waals surface area contributed by atoms with Gasteiger partial charge in [0.2, 0.25) is 0 Å². The van der Waals surface area contributed by atoms with Crippen LogP contribution >= 0.6 is 24.0 Å². The molecule has 0 saturated heterocycles. The van der Waals surface area contributed by atoms with Gasteiger partial charge in [0.25, 0.3) is 0 Å². The first kappa shape index (κ1) is 23.6. The number of hydrogen-bond acceptors (Lipinski definition) is 4. The lowest BCUT2D eigenvalue weighted by Crippen LogP contribution is -2.39. The minimum atomic E-state index is -0.400. The number of aliphatic imine (C=N–C) groups is 1. The Bertz CT molecular complexity index is 977. The first-order chi connectivity index (χ1) is 14.1. The molecule has 1 aromatic heterocycles. The second kappa shape index (κ2) is 11.5. The van der Waals surface area contributed by atoms with E-state index in [9.17, 15) is 4.39 Å². The lowest BCUT2D eigenvalue weighted by atomic mass is 10.2. The van der Waals surface area contributed by atoms with Gasteiger partial charge in [-0.25, -0.2) is 14.4 Å². The summed E-state index contributed by atoms with van der Waals surface area (Å²) in [6, 6.07) is 13.9. The van der Waals surface area contributed by atoms with Gasteiger partial charge in [0, 0.05) is 26.2 Å². The molecule has 7 nitrogen and oxygen atoms in total. The first-order valence-corrected chi connectivity index (χ1v) is 9.41. The summed E-state index contributed by atoms with van der Waals surface area (Å²) in [7, 11) is 3.80. The third kappa shape index (κ3) is 6.15. The van der Waals surface area contributed by atoms with E-state index in [4.69, 9.17) is 9.73 Å². The molecule has 0 atom stereocenters. The van der Waals surface area contributed by atoms with Crippen LogP contribution in [0.1, 0.15) is 18.3 Å². The van der Waals surface area contributed by atoms with Crippen molar-refractivity contribution in [3.63, 3.8) is 0 Å². The average Bonchev–Trinajstić information content (AvgIpc) is 3.12. The minimum Gasteiger partial charge on any atom is -0.454 e. The number of guanidine groups is 1. The highest BCUT2D eigenvalue weighted by Crippen LogP contribution is 2.27. The largest absolute Gasteiger partial charge is 0.454 e. The molecule has 1 heterocycles. The molecule has 2 aromatic carbocycles. The number of hydrogen-bond donors (Lipinski definition) is 1. The SMILES string of the molecule is CCNC(=NCc1ccccc1Oc1ccccc1F)N(C)Cc1ncnn1C.I. The van der Waals surface area contributed by atoms with E-state index in [1.54, 1.807) is 22.9 Å². The zero-order chi connectivity index (χ0) is 20.6. The molecule has 9 heteroatoms. The van der Waals surface area contributed by atoms with Crippen molar-refractivity contribution >= 4 is 29.9 Å². The summed E-state index contributed by atoms with van der Waals surface area (Å²) in [5.74, 6) is 1.93. The van der Waals surface area contributed by atoms with Crippen LogP contribution in [-0.4, -0.2) is 39.2 Å². The maximum atomic E-state index is 14.0. The zero-order valence-corrected chi connectivity index (χ0v) is 19.6. The molecule has 0 aliphatic heterocycles. The van der Waals surface area contributed by atoms with Crippen molar-refractivity contribution in [2.24, 2.45) is 12.0 Å². The molecule has 1 N–H and O–H groups in total. The van der Waals surface area contributed by atoms with E-state index < -0.39 is 5.82 Å². The molecule has 0 spiro atoms. The van der Waals surface area contributed by atoms with Gasteiger partial charge in [-0.1, -0.05) is 30.3 Å². The lowest BCUT2D eigenvalue weighted by Gasteiger charge is -2.21. The van der Waals surface area contributed by atoms with Crippen molar-refractivity contribution in [1.29, 1.82) is 0 Å². The fraction of sp³-hybridized carbons (Fsp3) is 0.286. The van der Waals surface area contributed by atoms with Crippen LogP contribution in [-0.2, 0) is 20.1 Å². The third-order valence-electron chi connectivity index (χ3n) is 4.31. The number of benzene rings is 2. The van der Waals surface area contributed by atoms with Crippen molar-refractivity contribution in [2.45, 2.75) is 20.0 Å². The Kier molecular flexibility index (Phi) is 9.03.